The summed E-state index contributed by atoms with van der Waals surface area (Å²) in [4.78, 5) is 36.8. The molecule has 31 heavy (non-hydrogen) atoms. The second-order valence-corrected chi connectivity index (χ2v) is 10.9. The first kappa shape index (κ1) is 24.5. The molecule has 0 saturated heterocycles. The number of ether oxygens (including phenoxy) is 2. The van der Waals surface area contributed by atoms with Crippen molar-refractivity contribution in [1.82, 2.24) is 19.5 Å². The van der Waals surface area contributed by atoms with E-state index < -0.39 is 36.6 Å². The zero-order chi connectivity index (χ0) is 23.4. The smallest absolute Gasteiger partial charge is 0.314 e. The summed E-state index contributed by atoms with van der Waals surface area (Å²) >= 11 is 0. The molecule has 0 saturated carbocycles. The van der Waals surface area contributed by atoms with E-state index >= 15 is 0 Å². The van der Waals surface area contributed by atoms with Gasteiger partial charge in [0.25, 0.3) is 6.03 Å². The van der Waals surface area contributed by atoms with Gasteiger partial charge in [-0.05, 0) is 41.5 Å². The Kier molecular flexibility index (Phi) is 7.59. The SMILES string of the molecule is CC(C)(C)C(=O)OC(OC(=O)C(C)(C)C)[PH](=O)C/C=C/Cn1cnc2c(N)ncnc21. The van der Waals surface area contributed by atoms with Gasteiger partial charge in [0.1, 0.15) is 11.8 Å². The van der Waals surface area contributed by atoms with Crippen LogP contribution in [0.15, 0.2) is 24.8 Å². The van der Waals surface area contributed by atoms with Crippen molar-refractivity contribution in [2.75, 3.05) is 11.9 Å². The third-order valence-corrected chi connectivity index (χ3v) is 5.53. The highest BCUT2D eigenvalue weighted by molar-refractivity contribution is 7.45. The Morgan fingerprint density at radius 2 is 1.65 bits per heavy atom. The van der Waals surface area contributed by atoms with Gasteiger partial charge in [0.15, 0.2) is 19.3 Å². The number of nitrogens with two attached hydrogens (primary N) is 1. The lowest BCUT2D eigenvalue weighted by molar-refractivity contribution is -0.184. The first-order chi connectivity index (χ1) is 14.3. The molecule has 0 aliphatic rings. The van der Waals surface area contributed by atoms with Crippen LogP contribution in [0.5, 0.6) is 0 Å². The van der Waals surface area contributed by atoms with E-state index in [4.69, 9.17) is 15.2 Å². The molecule has 0 fully saturated rings. The Bertz CT molecular complexity index is 976. The molecular weight excluding hydrogens is 421 g/mol. The van der Waals surface area contributed by atoms with Crippen LogP contribution in [0, 0.1) is 10.8 Å². The van der Waals surface area contributed by atoms with E-state index in [0.29, 0.717) is 23.5 Å². The van der Waals surface area contributed by atoms with Gasteiger partial charge in [0.05, 0.1) is 17.2 Å². The number of nitrogens with zero attached hydrogens (tertiary/aromatic N) is 4. The minimum Gasteiger partial charge on any atom is -0.418 e. The van der Waals surface area contributed by atoms with Crippen LogP contribution in [0.4, 0.5) is 5.82 Å². The van der Waals surface area contributed by atoms with Crippen LogP contribution in [0.3, 0.4) is 0 Å². The van der Waals surface area contributed by atoms with Gasteiger partial charge < -0.3 is 24.3 Å². The Morgan fingerprint density at radius 3 is 2.19 bits per heavy atom. The van der Waals surface area contributed by atoms with Gasteiger partial charge in [-0.25, -0.2) is 15.0 Å². The van der Waals surface area contributed by atoms with Crippen LogP contribution in [-0.4, -0.2) is 43.7 Å². The molecule has 0 spiro atoms. The van der Waals surface area contributed by atoms with Gasteiger partial charge in [-0.15, -0.1) is 0 Å². The summed E-state index contributed by atoms with van der Waals surface area (Å²) in [6, 6.07) is -1.42. The van der Waals surface area contributed by atoms with E-state index in [0.717, 1.165) is 0 Å². The number of hydrogen-bond acceptors (Lipinski definition) is 9. The summed E-state index contributed by atoms with van der Waals surface area (Å²) in [6.45, 7) is 10.4. The van der Waals surface area contributed by atoms with Gasteiger partial charge >= 0.3 is 11.9 Å². The van der Waals surface area contributed by atoms with Gasteiger partial charge in [0, 0.05) is 12.7 Å². The molecule has 2 aromatic rings. The van der Waals surface area contributed by atoms with Crippen molar-refractivity contribution in [1.29, 1.82) is 0 Å². The maximum absolute atomic E-state index is 12.8. The van der Waals surface area contributed by atoms with Crippen LogP contribution in [0.2, 0.25) is 0 Å². The molecule has 10 nitrogen and oxygen atoms in total. The summed E-state index contributed by atoms with van der Waals surface area (Å²) in [5, 5.41) is 0. The lowest BCUT2D eigenvalue weighted by Crippen LogP contribution is -2.33. The Labute approximate surface area is 182 Å². The third-order valence-electron chi connectivity index (χ3n) is 4.13. The number of carbonyl (C=O) groups excluding carboxylic acids is 2. The highest BCUT2D eigenvalue weighted by Gasteiger charge is 2.34. The van der Waals surface area contributed by atoms with E-state index in [9.17, 15) is 14.2 Å². The van der Waals surface area contributed by atoms with Crippen molar-refractivity contribution in [3.8, 4) is 0 Å². The Balaban J connectivity index is 2.06. The molecule has 1 atom stereocenters. The van der Waals surface area contributed by atoms with E-state index in [1.165, 1.54) is 6.33 Å². The number of allylic oxidation sites excluding steroid dienone is 2. The van der Waals surface area contributed by atoms with E-state index in [-0.39, 0.29) is 6.16 Å². The molecule has 0 aliphatic carbocycles. The van der Waals surface area contributed by atoms with Crippen molar-refractivity contribution in [3.05, 3.63) is 24.8 Å². The highest BCUT2D eigenvalue weighted by atomic mass is 31.1. The number of hydrogen-bond donors (Lipinski definition) is 1. The van der Waals surface area contributed by atoms with Crippen molar-refractivity contribution >= 4 is 36.7 Å². The number of esters is 2. The number of fused-ring (bicyclic) bond motifs is 1. The standard InChI is InChI=1S/C20H30N5O5P/c1-19(2,3)16(26)29-18(30-17(27)20(4,5)6)31(28)10-8-7-9-25-12-24-13-14(21)22-11-23-15(13)25/h7-8,11-12,18,31H,9-10H2,1-6H3,(H2,21,22,23)/b8-7+. The maximum Gasteiger partial charge on any atom is 0.314 e. The topological polar surface area (TPSA) is 139 Å². The molecule has 0 radical (unpaired) electrons. The number of nitrogen functional groups attached to an aromatic ring is 1. The van der Waals surface area contributed by atoms with Gasteiger partial charge in [-0.1, -0.05) is 12.2 Å². The molecule has 1 unspecified atom stereocenters. The number of aromatic nitrogens is 4. The molecule has 0 aromatic carbocycles. The molecule has 2 rings (SSSR count). The largest absolute Gasteiger partial charge is 0.418 e. The van der Waals surface area contributed by atoms with Crippen LogP contribution in [0.1, 0.15) is 41.5 Å². The molecule has 0 aliphatic heterocycles. The second-order valence-electron chi connectivity index (χ2n) is 9.11. The summed E-state index contributed by atoms with van der Waals surface area (Å²) in [5.74, 6) is -0.894. The van der Waals surface area contributed by atoms with Crippen LogP contribution in [-0.2, 0) is 30.2 Å². The molecule has 2 N–H and O–H groups in total. The molecule has 170 valence electrons. The first-order valence-electron chi connectivity index (χ1n) is 9.82. The molecule has 0 amide bonds. The highest BCUT2D eigenvalue weighted by Crippen LogP contribution is 2.34. The quantitative estimate of drug-likeness (QED) is 0.291. The van der Waals surface area contributed by atoms with Gasteiger partial charge in [0.2, 0.25) is 0 Å². The minimum atomic E-state index is -2.62. The predicted molar refractivity (Wildman–Crippen MR) is 118 cm³/mol. The number of carbonyl (C=O) groups is 2. The summed E-state index contributed by atoms with van der Waals surface area (Å²) in [6.07, 6.45) is 6.49. The number of anilines is 1. The first-order valence-corrected chi connectivity index (χ1v) is 11.5. The van der Waals surface area contributed by atoms with Crippen LogP contribution >= 0.6 is 7.80 Å². The minimum absolute atomic E-state index is 0.0912. The summed E-state index contributed by atoms with van der Waals surface area (Å²) < 4.78 is 25.1. The van der Waals surface area contributed by atoms with Crippen molar-refractivity contribution < 1.29 is 23.6 Å². The zero-order valence-corrected chi connectivity index (χ0v) is 19.7. The fraction of sp³-hybridized carbons (Fsp3) is 0.550. The van der Waals surface area contributed by atoms with Crippen LogP contribution in [0.25, 0.3) is 11.2 Å². The average Bonchev–Trinajstić information content (AvgIpc) is 3.07. The van der Waals surface area contributed by atoms with Crippen molar-refractivity contribution in [2.45, 2.75) is 54.1 Å². The molecule has 11 heteroatoms. The van der Waals surface area contributed by atoms with Gasteiger partial charge in [-0.3, -0.25) is 9.59 Å². The Morgan fingerprint density at radius 1 is 1.06 bits per heavy atom. The Hall–Kier alpha value is -2.74. The van der Waals surface area contributed by atoms with Crippen LogP contribution < -0.4 is 5.73 Å². The monoisotopic (exact) mass is 451 g/mol. The van der Waals surface area contributed by atoms with Crippen molar-refractivity contribution in [3.63, 3.8) is 0 Å². The van der Waals surface area contributed by atoms with Gasteiger partial charge in [-0.2, -0.15) is 0 Å². The summed E-state index contributed by atoms with van der Waals surface area (Å²) in [7, 11) is -2.62. The number of rotatable bonds is 7. The normalized spacial score (nSPS) is 13.6. The van der Waals surface area contributed by atoms with E-state index in [1.54, 1.807) is 64.6 Å². The molecule has 2 heterocycles. The van der Waals surface area contributed by atoms with E-state index in [2.05, 4.69) is 15.0 Å². The number of imidazole rings is 1. The second kappa shape index (κ2) is 9.60. The van der Waals surface area contributed by atoms with E-state index in [1.807, 2.05) is 0 Å². The molecule has 2 aromatic heterocycles. The molecular formula is C20H30N5O5P. The average molecular weight is 451 g/mol. The fourth-order valence-electron chi connectivity index (χ4n) is 2.22. The summed E-state index contributed by atoms with van der Waals surface area (Å²) in [5.41, 5.74) is 5.22. The fourth-order valence-corrected chi connectivity index (χ4v) is 3.29. The lowest BCUT2D eigenvalue weighted by Gasteiger charge is -2.25. The molecule has 0 bridgehead atoms. The lowest BCUT2D eigenvalue weighted by atomic mass is 9.97. The predicted octanol–water partition coefficient (Wildman–Crippen LogP) is 2.99. The maximum atomic E-state index is 12.8. The van der Waals surface area contributed by atoms with Crippen molar-refractivity contribution in [2.24, 2.45) is 10.8 Å². The zero-order valence-electron chi connectivity index (χ0n) is 18.7. The third kappa shape index (κ3) is 6.62.